The number of nitrogens with zero attached hydrogens (tertiary/aromatic N) is 3. The van der Waals surface area contributed by atoms with Crippen molar-refractivity contribution in [1.29, 1.82) is 0 Å². The molecule has 5 rings (SSSR count). The minimum Gasteiger partial charge on any atom is -0.352 e. The summed E-state index contributed by atoms with van der Waals surface area (Å²) < 4.78 is 15.4. The number of amides is 1. The number of piperidine rings is 1. The van der Waals surface area contributed by atoms with Gasteiger partial charge in [-0.2, -0.15) is 4.98 Å². The Morgan fingerprint density at radius 1 is 1.06 bits per heavy atom. The lowest BCUT2D eigenvalue weighted by Crippen LogP contribution is -2.35. The summed E-state index contributed by atoms with van der Waals surface area (Å²) in [7, 11) is 0. The molecule has 3 N–H and O–H groups in total. The molecule has 0 unspecified atom stereocenters. The average Bonchev–Trinajstić information content (AvgIpc) is 3.26. The third kappa shape index (κ3) is 4.85. The van der Waals surface area contributed by atoms with E-state index in [0.29, 0.717) is 29.6 Å². The molecule has 0 bridgehead atoms. The van der Waals surface area contributed by atoms with Gasteiger partial charge in [0.2, 0.25) is 5.95 Å². The number of aromatic nitrogens is 3. The van der Waals surface area contributed by atoms with E-state index in [2.05, 4.69) is 26.0 Å². The summed E-state index contributed by atoms with van der Waals surface area (Å²) in [5, 5.41) is 14.1. The van der Waals surface area contributed by atoms with Crippen LogP contribution < -0.4 is 16.0 Å². The quantitative estimate of drug-likeness (QED) is 0.419. The van der Waals surface area contributed by atoms with Gasteiger partial charge in [-0.3, -0.25) is 4.79 Å². The number of hydrogen-bond acceptors (Lipinski definition) is 5. The number of benzene rings is 2. The van der Waals surface area contributed by atoms with Crippen molar-refractivity contribution in [3.63, 3.8) is 0 Å². The largest absolute Gasteiger partial charge is 0.352 e. The number of hydrogen-bond donors (Lipinski definition) is 3. The van der Waals surface area contributed by atoms with Crippen molar-refractivity contribution >= 4 is 23.2 Å². The zero-order valence-electron chi connectivity index (χ0n) is 18.1. The lowest BCUT2D eigenvalue weighted by atomic mass is 9.98. The Hall–Kier alpha value is -3.78. The second kappa shape index (κ2) is 9.38. The lowest BCUT2D eigenvalue weighted by Gasteiger charge is -2.22. The molecule has 1 aliphatic rings. The minimum atomic E-state index is -0.303. The van der Waals surface area contributed by atoms with E-state index in [0.717, 1.165) is 42.9 Å². The van der Waals surface area contributed by atoms with Crippen molar-refractivity contribution in [3.8, 4) is 11.3 Å². The molecule has 3 heterocycles. The van der Waals surface area contributed by atoms with E-state index in [1.165, 1.54) is 12.1 Å². The van der Waals surface area contributed by atoms with Crippen LogP contribution in [0.5, 0.6) is 0 Å². The molecule has 7 nitrogen and oxygen atoms in total. The van der Waals surface area contributed by atoms with Gasteiger partial charge in [0.15, 0.2) is 5.65 Å². The fourth-order valence-electron chi connectivity index (χ4n) is 4.08. The Kier molecular flexibility index (Phi) is 5.99. The fourth-order valence-corrected chi connectivity index (χ4v) is 4.08. The van der Waals surface area contributed by atoms with Crippen LogP contribution in [0, 0.1) is 11.7 Å². The highest BCUT2D eigenvalue weighted by Crippen LogP contribution is 2.23. The van der Waals surface area contributed by atoms with Gasteiger partial charge in [-0.15, -0.1) is 5.10 Å². The summed E-state index contributed by atoms with van der Waals surface area (Å²) in [6.07, 6.45) is 2.19. The Labute approximate surface area is 191 Å². The van der Waals surface area contributed by atoms with Crippen molar-refractivity contribution in [2.24, 2.45) is 5.92 Å². The van der Waals surface area contributed by atoms with Gasteiger partial charge in [0.05, 0.1) is 5.69 Å². The first-order valence-electron chi connectivity index (χ1n) is 11.1. The Balaban J connectivity index is 1.28. The predicted octanol–water partition coefficient (Wildman–Crippen LogP) is 4.01. The fraction of sp³-hybridized carbons (Fsp3) is 0.240. The van der Waals surface area contributed by atoms with Gasteiger partial charge in [0.25, 0.3) is 5.91 Å². The Morgan fingerprint density at radius 3 is 2.64 bits per heavy atom. The molecule has 2 aromatic carbocycles. The number of rotatable bonds is 6. The number of fused-ring (bicyclic) bond motifs is 1. The SMILES string of the molecule is O=C(NCC1CCNCC1)c1ccc(Nc2nc3cccc(-c4cccc(F)c4)n3n2)cc1. The molecule has 1 saturated heterocycles. The van der Waals surface area contributed by atoms with E-state index in [9.17, 15) is 9.18 Å². The zero-order chi connectivity index (χ0) is 22.6. The standard InChI is InChI=1S/C25H25FN6O/c26-20-4-1-3-19(15-20)22-5-2-6-23-30-25(31-32(22)23)29-21-9-7-18(8-10-21)24(33)28-16-17-11-13-27-14-12-17/h1-10,15,17,27H,11-14,16H2,(H,28,33)(H,29,31). The summed E-state index contributed by atoms with van der Waals surface area (Å²) >= 11 is 0. The van der Waals surface area contributed by atoms with E-state index in [4.69, 9.17) is 0 Å². The number of pyridine rings is 1. The van der Waals surface area contributed by atoms with Crippen LogP contribution in [0.3, 0.4) is 0 Å². The van der Waals surface area contributed by atoms with Crippen molar-refractivity contribution in [2.75, 3.05) is 25.0 Å². The lowest BCUT2D eigenvalue weighted by molar-refractivity contribution is 0.0944. The molecule has 2 aromatic heterocycles. The Morgan fingerprint density at radius 2 is 1.85 bits per heavy atom. The van der Waals surface area contributed by atoms with Gasteiger partial charge < -0.3 is 16.0 Å². The molecule has 0 atom stereocenters. The summed E-state index contributed by atoms with van der Waals surface area (Å²) in [5.41, 5.74) is 3.50. The van der Waals surface area contributed by atoms with Crippen LogP contribution in [-0.4, -0.2) is 40.1 Å². The highest BCUT2D eigenvalue weighted by molar-refractivity contribution is 5.94. The van der Waals surface area contributed by atoms with Crippen LogP contribution in [0.4, 0.5) is 16.0 Å². The van der Waals surface area contributed by atoms with Gasteiger partial charge in [0.1, 0.15) is 5.82 Å². The zero-order valence-corrected chi connectivity index (χ0v) is 18.1. The minimum absolute atomic E-state index is 0.0642. The molecule has 0 aliphatic carbocycles. The van der Waals surface area contributed by atoms with E-state index in [-0.39, 0.29) is 11.7 Å². The maximum Gasteiger partial charge on any atom is 0.251 e. The third-order valence-electron chi connectivity index (χ3n) is 5.89. The summed E-state index contributed by atoms with van der Waals surface area (Å²) in [4.78, 5) is 17.0. The van der Waals surface area contributed by atoms with Gasteiger partial charge in [0, 0.05) is 23.4 Å². The molecule has 8 heteroatoms. The topological polar surface area (TPSA) is 83.4 Å². The van der Waals surface area contributed by atoms with Crippen molar-refractivity contribution in [2.45, 2.75) is 12.8 Å². The monoisotopic (exact) mass is 444 g/mol. The number of nitrogens with one attached hydrogen (secondary N) is 3. The molecule has 168 valence electrons. The van der Waals surface area contributed by atoms with E-state index >= 15 is 0 Å². The van der Waals surface area contributed by atoms with E-state index < -0.39 is 0 Å². The van der Waals surface area contributed by atoms with Crippen molar-refractivity contribution in [1.82, 2.24) is 25.2 Å². The van der Waals surface area contributed by atoms with Gasteiger partial charge >= 0.3 is 0 Å². The van der Waals surface area contributed by atoms with Crippen LogP contribution >= 0.6 is 0 Å². The average molecular weight is 445 g/mol. The number of anilines is 2. The number of carbonyl (C=O) groups excluding carboxylic acids is 1. The van der Waals surface area contributed by atoms with Crippen LogP contribution in [-0.2, 0) is 0 Å². The number of carbonyl (C=O) groups is 1. The van der Waals surface area contributed by atoms with Crippen LogP contribution in [0.25, 0.3) is 16.9 Å². The molecule has 4 aromatic rings. The highest BCUT2D eigenvalue weighted by atomic mass is 19.1. The normalized spacial score (nSPS) is 14.3. The van der Waals surface area contributed by atoms with Gasteiger partial charge in [-0.1, -0.05) is 18.2 Å². The van der Waals surface area contributed by atoms with Crippen molar-refractivity contribution in [3.05, 3.63) is 78.1 Å². The van der Waals surface area contributed by atoms with Gasteiger partial charge in [-0.05, 0) is 80.4 Å². The summed E-state index contributed by atoms with van der Waals surface area (Å²) in [6.45, 7) is 2.74. The second-order valence-electron chi connectivity index (χ2n) is 8.23. The molecular formula is C25H25FN6O. The molecule has 1 amide bonds. The van der Waals surface area contributed by atoms with Gasteiger partial charge in [-0.25, -0.2) is 8.91 Å². The van der Waals surface area contributed by atoms with E-state index in [1.54, 1.807) is 22.7 Å². The molecule has 0 spiro atoms. The molecule has 1 aliphatic heterocycles. The van der Waals surface area contributed by atoms with E-state index in [1.807, 2.05) is 36.4 Å². The van der Waals surface area contributed by atoms with Crippen LogP contribution in [0.2, 0.25) is 0 Å². The summed E-state index contributed by atoms with van der Waals surface area (Å²) in [5.74, 6) is 0.588. The van der Waals surface area contributed by atoms with Crippen LogP contribution in [0.1, 0.15) is 23.2 Å². The summed E-state index contributed by atoms with van der Waals surface area (Å²) in [6, 6.07) is 19.2. The third-order valence-corrected chi connectivity index (χ3v) is 5.89. The molecule has 0 radical (unpaired) electrons. The molecule has 1 fully saturated rings. The molecule has 0 saturated carbocycles. The molecular weight excluding hydrogens is 419 g/mol. The predicted molar refractivity (Wildman–Crippen MR) is 126 cm³/mol. The first-order valence-corrected chi connectivity index (χ1v) is 11.1. The highest BCUT2D eigenvalue weighted by Gasteiger charge is 2.15. The Bertz CT molecular complexity index is 1260. The van der Waals surface area contributed by atoms with Crippen LogP contribution in [0.15, 0.2) is 66.7 Å². The first-order chi connectivity index (χ1) is 16.2. The maximum atomic E-state index is 13.7. The molecule has 33 heavy (non-hydrogen) atoms. The first kappa shape index (κ1) is 21.1. The number of halogens is 1. The second-order valence-corrected chi connectivity index (χ2v) is 8.23. The smallest absolute Gasteiger partial charge is 0.251 e. The maximum absolute atomic E-state index is 13.7. The van der Waals surface area contributed by atoms with Crippen molar-refractivity contribution < 1.29 is 9.18 Å².